The first-order chi connectivity index (χ1) is 10.3. The Hall–Kier alpha value is -2.07. The van der Waals surface area contributed by atoms with Gasteiger partial charge < -0.3 is 4.57 Å². The number of imidazole rings is 1. The van der Waals surface area contributed by atoms with E-state index in [0.717, 1.165) is 22.3 Å². The minimum atomic E-state index is 0.839. The van der Waals surface area contributed by atoms with Crippen molar-refractivity contribution in [2.45, 2.75) is 17.8 Å². The monoisotopic (exact) mass is 295 g/mol. The highest BCUT2D eigenvalue weighted by Crippen LogP contribution is 2.26. The average Bonchev–Trinajstić information content (AvgIpc) is 2.88. The standard InChI is InChI=1S/C17H17N3S/c1-13-7-6-10-18-15(13)12-21-17-19-11-16(20(17)2)14-8-4-3-5-9-14/h3-11H,12H2,1-2H3. The summed E-state index contributed by atoms with van der Waals surface area (Å²) in [5, 5.41) is 1.01. The maximum Gasteiger partial charge on any atom is 0.168 e. The normalized spacial score (nSPS) is 10.8. The van der Waals surface area contributed by atoms with Crippen LogP contribution in [0.2, 0.25) is 0 Å². The van der Waals surface area contributed by atoms with Crippen LogP contribution in [0.25, 0.3) is 11.3 Å². The van der Waals surface area contributed by atoms with Crippen LogP contribution in [0.3, 0.4) is 0 Å². The van der Waals surface area contributed by atoms with Gasteiger partial charge in [-0.3, -0.25) is 4.98 Å². The minimum Gasteiger partial charge on any atom is -0.322 e. The predicted octanol–water partition coefficient (Wildman–Crippen LogP) is 4.08. The largest absolute Gasteiger partial charge is 0.322 e. The van der Waals surface area contributed by atoms with E-state index in [-0.39, 0.29) is 0 Å². The summed E-state index contributed by atoms with van der Waals surface area (Å²) in [6.07, 6.45) is 3.78. The van der Waals surface area contributed by atoms with Gasteiger partial charge in [-0.1, -0.05) is 48.2 Å². The summed E-state index contributed by atoms with van der Waals surface area (Å²) in [6, 6.07) is 14.4. The zero-order chi connectivity index (χ0) is 14.7. The number of aromatic nitrogens is 3. The number of rotatable bonds is 4. The molecule has 0 spiro atoms. The first-order valence-electron chi connectivity index (χ1n) is 6.86. The highest BCUT2D eigenvalue weighted by molar-refractivity contribution is 7.98. The number of hydrogen-bond donors (Lipinski definition) is 0. The second kappa shape index (κ2) is 6.14. The van der Waals surface area contributed by atoms with Crippen LogP contribution in [0.4, 0.5) is 0 Å². The Bertz CT molecular complexity index is 735. The van der Waals surface area contributed by atoms with E-state index in [9.17, 15) is 0 Å². The lowest BCUT2D eigenvalue weighted by atomic mass is 10.2. The van der Waals surface area contributed by atoms with Crippen LogP contribution in [-0.4, -0.2) is 14.5 Å². The van der Waals surface area contributed by atoms with Gasteiger partial charge in [0, 0.05) is 19.0 Å². The van der Waals surface area contributed by atoms with E-state index in [0.29, 0.717) is 0 Å². The molecule has 2 heterocycles. The summed E-state index contributed by atoms with van der Waals surface area (Å²) >= 11 is 1.72. The molecule has 1 aromatic carbocycles. The second-order valence-electron chi connectivity index (χ2n) is 4.91. The summed E-state index contributed by atoms with van der Waals surface area (Å²) in [5.74, 6) is 0.839. The van der Waals surface area contributed by atoms with Crippen LogP contribution in [0.15, 0.2) is 60.0 Å². The molecular formula is C17H17N3S. The third-order valence-electron chi connectivity index (χ3n) is 3.47. The van der Waals surface area contributed by atoms with Gasteiger partial charge >= 0.3 is 0 Å². The molecule has 0 unspecified atom stereocenters. The second-order valence-corrected chi connectivity index (χ2v) is 5.85. The summed E-state index contributed by atoms with van der Waals surface area (Å²) < 4.78 is 2.14. The summed E-state index contributed by atoms with van der Waals surface area (Å²) in [6.45, 7) is 2.09. The summed E-state index contributed by atoms with van der Waals surface area (Å²) in [7, 11) is 2.06. The van der Waals surface area contributed by atoms with E-state index >= 15 is 0 Å². The van der Waals surface area contributed by atoms with E-state index < -0.39 is 0 Å². The lowest BCUT2D eigenvalue weighted by Crippen LogP contribution is -1.96. The highest BCUT2D eigenvalue weighted by Gasteiger charge is 2.09. The molecule has 3 rings (SSSR count). The van der Waals surface area contributed by atoms with Gasteiger partial charge in [0.05, 0.1) is 17.6 Å². The Balaban J connectivity index is 1.79. The molecular weight excluding hydrogens is 278 g/mol. The van der Waals surface area contributed by atoms with Crippen LogP contribution in [-0.2, 0) is 12.8 Å². The van der Waals surface area contributed by atoms with E-state index in [1.54, 1.807) is 11.8 Å². The maximum absolute atomic E-state index is 4.53. The van der Waals surface area contributed by atoms with E-state index in [1.165, 1.54) is 11.1 Å². The van der Waals surface area contributed by atoms with E-state index in [4.69, 9.17) is 0 Å². The van der Waals surface area contributed by atoms with Crippen molar-refractivity contribution >= 4 is 11.8 Å². The molecule has 4 heteroatoms. The van der Waals surface area contributed by atoms with Gasteiger partial charge in [-0.15, -0.1) is 0 Å². The Morgan fingerprint density at radius 2 is 1.86 bits per heavy atom. The third-order valence-corrected chi connectivity index (χ3v) is 4.53. The highest BCUT2D eigenvalue weighted by atomic mass is 32.2. The van der Waals surface area contributed by atoms with Crippen LogP contribution < -0.4 is 0 Å². The fourth-order valence-corrected chi connectivity index (χ4v) is 3.19. The molecule has 3 nitrogen and oxygen atoms in total. The molecule has 0 radical (unpaired) electrons. The number of aryl methyl sites for hydroxylation is 1. The van der Waals surface area contributed by atoms with Crippen molar-refractivity contribution in [3.63, 3.8) is 0 Å². The lowest BCUT2D eigenvalue weighted by Gasteiger charge is -2.06. The molecule has 0 bridgehead atoms. The quantitative estimate of drug-likeness (QED) is 0.679. The van der Waals surface area contributed by atoms with Gasteiger partial charge in [0.15, 0.2) is 5.16 Å². The van der Waals surface area contributed by atoms with Gasteiger partial charge in [0.2, 0.25) is 0 Å². The number of pyridine rings is 1. The van der Waals surface area contributed by atoms with Crippen molar-refractivity contribution < 1.29 is 0 Å². The molecule has 0 aliphatic heterocycles. The van der Waals surface area contributed by atoms with Crippen LogP contribution in [0.1, 0.15) is 11.3 Å². The molecule has 0 fully saturated rings. The number of hydrogen-bond acceptors (Lipinski definition) is 3. The van der Waals surface area contributed by atoms with Crippen LogP contribution >= 0.6 is 11.8 Å². The SMILES string of the molecule is Cc1cccnc1CSc1ncc(-c2ccccc2)n1C. The van der Waals surface area contributed by atoms with Gasteiger partial charge in [0.25, 0.3) is 0 Å². The Kier molecular flexibility index (Phi) is 4.06. The molecule has 3 aromatic rings. The van der Waals surface area contributed by atoms with Crippen molar-refractivity contribution in [3.05, 3.63) is 66.1 Å². The van der Waals surface area contributed by atoms with Gasteiger partial charge in [-0.25, -0.2) is 4.98 Å². The van der Waals surface area contributed by atoms with Gasteiger partial charge in [0.1, 0.15) is 0 Å². The van der Waals surface area contributed by atoms with Crippen molar-refractivity contribution in [3.8, 4) is 11.3 Å². The molecule has 0 amide bonds. The topological polar surface area (TPSA) is 30.7 Å². The lowest BCUT2D eigenvalue weighted by molar-refractivity contribution is 0.796. The molecule has 2 aromatic heterocycles. The fraction of sp³-hybridized carbons (Fsp3) is 0.176. The van der Waals surface area contributed by atoms with Crippen molar-refractivity contribution in [1.29, 1.82) is 0 Å². The first-order valence-corrected chi connectivity index (χ1v) is 7.84. The van der Waals surface area contributed by atoms with Crippen molar-refractivity contribution in [2.24, 2.45) is 7.05 Å². The smallest absolute Gasteiger partial charge is 0.168 e. The van der Waals surface area contributed by atoms with Crippen LogP contribution in [0, 0.1) is 6.92 Å². The molecule has 21 heavy (non-hydrogen) atoms. The first kappa shape index (κ1) is 13.9. The molecule has 0 atom stereocenters. The fourth-order valence-electron chi connectivity index (χ4n) is 2.21. The summed E-state index contributed by atoms with van der Waals surface area (Å²) in [5.41, 5.74) is 4.67. The number of thioether (sulfide) groups is 1. The molecule has 0 aliphatic rings. The zero-order valence-electron chi connectivity index (χ0n) is 12.2. The molecule has 0 saturated carbocycles. The Morgan fingerprint density at radius 1 is 1.05 bits per heavy atom. The van der Waals surface area contributed by atoms with Crippen molar-refractivity contribution in [1.82, 2.24) is 14.5 Å². The Morgan fingerprint density at radius 3 is 2.62 bits per heavy atom. The maximum atomic E-state index is 4.53. The molecule has 0 saturated heterocycles. The van der Waals surface area contributed by atoms with Gasteiger partial charge in [-0.05, 0) is 24.1 Å². The number of benzene rings is 1. The van der Waals surface area contributed by atoms with E-state index in [1.807, 2.05) is 36.7 Å². The minimum absolute atomic E-state index is 0.839. The number of nitrogens with zero attached hydrogens (tertiary/aromatic N) is 3. The Labute approximate surface area is 129 Å². The zero-order valence-corrected chi connectivity index (χ0v) is 13.0. The van der Waals surface area contributed by atoms with E-state index in [2.05, 4.69) is 46.7 Å². The molecule has 0 N–H and O–H groups in total. The van der Waals surface area contributed by atoms with Crippen molar-refractivity contribution in [2.75, 3.05) is 0 Å². The molecule has 0 aliphatic carbocycles. The predicted molar refractivity (Wildman–Crippen MR) is 87.2 cm³/mol. The third kappa shape index (κ3) is 3.00. The average molecular weight is 295 g/mol. The molecule has 106 valence electrons. The summed E-state index contributed by atoms with van der Waals surface area (Å²) in [4.78, 5) is 8.97. The van der Waals surface area contributed by atoms with Crippen LogP contribution in [0.5, 0.6) is 0 Å². The van der Waals surface area contributed by atoms with Gasteiger partial charge in [-0.2, -0.15) is 0 Å².